The zero-order valence-electron chi connectivity index (χ0n) is 24.4. The van der Waals surface area contributed by atoms with Crippen LogP contribution in [0, 0.1) is 22.7 Å². The lowest BCUT2D eigenvalue weighted by molar-refractivity contribution is -0.138. The Morgan fingerprint density at radius 3 is 2.57 bits per heavy atom. The van der Waals surface area contributed by atoms with E-state index in [1.54, 1.807) is 53.9 Å². The Kier molecular flexibility index (Phi) is 7.75. The Labute approximate surface area is 254 Å². The van der Waals surface area contributed by atoms with Crippen molar-refractivity contribution in [3.8, 4) is 23.6 Å². The van der Waals surface area contributed by atoms with E-state index < -0.39 is 17.7 Å². The molecule has 4 aromatic rings. The Morgan fingerprint density at radius 1 is 1.07 bits per heavy atom. The first kappa shape index (κ1) is 28.9. The van der Waals surface area contributed by atoms with Crippen LogP contribution in [0.3, 0.4) is 0 Å². The van der Waals surface area contributed by atoms with Gasteiger partial charge in [0, 0.05) is 24.3 Å². The normalized spacial score (nSPS) is 18.0. The van der Waals surface area contributed by atoms with Crippen molar-refractivity contribution in [2.24, 2.45) is 0 Å². The molecule has 2 aliphatic rings. The smallest absolute Gasteiger partial charge is 0.254 e. The Bertz CT molecular complexity index is 1830. The summed E-state index contributed by atoms with van der Waals surface area (Å²) < 4.78 is 14.1. The van der Waals surface area contributed by atoms with Gasteiger partial charge in [0.15, 0.2) is 0 Å². The van der Waals surface area contributed by atoms with Crippen molar-refractivity contribution >= 4 is 28.4 Å². The van der Waals surface area contributed by atoms with Crippen LogP contribution in [-0.4, -0.2) is 59.5 Å². The van der Waals surface area contributed by atoms with Gasteiger partial charge in [0.25, 0.3) is 5.91 Å². The number of hydrogen-bond donors (Lipinski definition) is 2. The summed E-state index contributed by atoms with van der Waals surface area (Å²) >= 11 is 0. The van der Waals surface area contributed by atoms with Crippen molar-refractivity contribution in [1.29, 1.82) is 10.5 Å². The number of carbonyl (C=O) groups excluding carboxylic acids is 2. The molecule has 2 amide bonds. The number of fused-ring (bicyclic) bond motifs is 2. The van der Waals surface area contributed by atoms with E-state index >= 15 is 0 Å². The molecule has 0 unspecified atom stereocenters. The molecule has 3 aromatic carbocycles. The van der Waals surface area contributed by atoms with Gasteiger partial charge >= 0.3 is 0 Å². The molecular weight excluding hydrogens is 558 g/mol. The third-order valence-corrected chi connectivity index (χ3v) is 8.41. The van der Waals surface area contributed by atoms with Crippen molar-refractivity contribution < 1.29 is 19.1 Å². The van der Waals surface area contributed by atoms with Crippen LogP contribution in [0.15, 0.2) is 66.7 Å². The number of carbonyl (C=O) groups is 2. The second kappa shape index (κ2) is 11.8. The molecule has 1 fully saturated rings. The zero-order chi connectivity index (χ0) is 30.8. The lowest BCUT2D eigenvalue weighted by Gasteiger charge is -2.41. The van der Waals surface area contributed by atoms with E-state index in [4.69, 9.17) is 14.6 Å². The highest BCUT2D eigenvalue weighted by Gasteiger charge is 2.52. The van der Waals surface area contributed by atoms with Crippen molar-refractivity contribution in [3.05, 3.63) is 83.6 Å². The molecule has 0 bridgehead atoms. The minimum atomic E-state index is -1.09. The average Bonchev–Trinajstić information content (AvgIpc) is 3.40. The summed E-state index contributed by atoms with van der Waals surface area (Å²) in [6.07, 6.45) is 0.731. The Morgan fingerprint density at radius 2 is 1.82 bits per heavy atom. The predicted molar refractivity (Wildman–Crippen MR) is 162 cm³/mol. The SMILES string of the molecule is CN[C@@H](C)C(=O)N[C@@H]1C(=O)N(Cc2nn(-c3ccccc3C#N)c3ccccc23)c2ccc(C#N)cc2OC12CCOCC2. The van der Waals surface area contributed by atoms with E-state index in [0.29, 0.717) is 60.0 Å². The number of hydrogen-bond acceptors (Lipinski definition) is 8. The molecule has 44 heavy (non-hydrogen) atoms. The summed E-state index contributed by atoms with van der Waals surface area (Å²) in [5, 5.41) is 31.1. The van der Waals surface area contributed by atoms with Gasteiger partial charge in [0.05, 0.1) is 65.6 Å². The maximum atomic E-state index is 14.7. The van der Waals surface area contributed by atoms with Gasteiger partial charge in [-0.25, -0.2) is 4.68 Å². The van der Waals surface area contributed by atoms with Crippen molar-refractivity contribution in [3.63, 3.8) is 0 Å². The second-order valence-electron chi connectivity index (χ2n) is 11.0. The molecule has 1 spiro atoms. The molecule has 2 atom stereocenters. The number of ether oxygens (including phenoxy) is 2. The van der Waals surface area contributed by atoms with Crippen molar-refractivity contribution in [1.82, 2.24) is 20.4 Å². The van der Waals surface area contributed by atoms with Gasteiger partial charge in [-0.2, -0.15) is 15.6 Å². The van der Waals surface area contributed by atoms with Crippen molar-refractivity contribution in [2.45, 2.75) is 44.0 Å². The minimum Gasteiger partial charge on any atom is -0.482 e. The number of anilines is 1. The van der Waals surface area contributed by atoms with Gasteiger partial charge in [0.2, 0.25) is 5.91 Å². The number of para-hydroxylation sites is 2. The second-order valence-corrected chi connectivity index (χ2v) is 11.0. The van der Waals surface area contributed by atoms with E-state index in [0.717, 1.165) is 10.9 Å². The maximum Gasteiger partial charge on any atom is 0.254 e. The lowest BCUT2D eigenvalue weighted by atomic mass is 9.84. The number of likely N-dealkylation sites (N-methyl/N-ethyl adjacent to an activating group) is 1. The molecule has 1 aromatic heterocycles. The number of amides is 2. The number of benzene rings is 3. The van der Waals surface area contributed by atoms with E-state index in [1.807, 2.05) is 36.4 Å². The minimum absolute atomic E-state index is 0.0455. The lowest BCUT2D eigenvalue weighted by Crippen LogP contribution is -2.65. The molecule has 0 aliphatic carbocycles. The number of nitrogens with one attached hydrogen (secondary N) is 2. The fraction of sp³-hybridized carbons (Fsp3) is 0.303. The number of nitriles is 2. The van der Waals surface area contributed by atoms with Gasteiger partial charge in [0.1, 0.15) is 23.5 Å². The van der Waals surface area contributed by atoms with Crippen LogP contribution in [0.1, 0.15) is 36.6 Å². The third kappa shape index (κ3) is 5.02. The van der Waals surface area contributed by atoms with Crippen LogP contribution in [0.4, 0.5) is 5.69 Å². The summed E-state index contributed by atoms with van der Waals surface area (Å²) in [4.78, 5) is 29.5. The van der Waals surface area contributed by atoms with Gasteiger partial charge in [-0.15, -0.1) is 0 Å². The summed E-state index contributed by atoms with van der Waals surface area (Å²) in [5.41, 5.74) is 2.20. The molecule has 222 valence electrons. The molecule has 6 rings (SSSR count). The highest BCUT2D eigenvalue weighted by molar-refractivity contribution is 6.03. The van der Waals surface area contributed by atoms with Crippen LogP contribution in [-0.2, 0) is 20.9 Å². The molecule has 3 heterocycles. The summed E-state index contributed by atoms with van der Waals surface area (Å²) in [6.45, 7) is 2.46. The molecule has 1 saturated heterocycles. The largest absolute Gasteiger partial charge is 0.482 e. The average molecular weight is 590 g/mol. The van der Waals surface area contributed by atoms with Crippen LogP contribution >= 0.6 is 0 Å². The van der Waals surface area contributed by atoms with Crippen LogP contribution in [0.5, 0.6) is 5.75 Å². The maximum absolute atomic E-state index is 14.7. The monoisotopic (exact) mass is 589 g/mol. The molecule has 0 radical (unpaired) electrons. The van der Waals surface area contributed by atoms with E-state index in [1.165, 1.54) is 0 Å². The Hall–Kier alpha value is -5.23. The highest BCUT2D eigenvalue weighted by atomic mass is 16.5. The van der Waals surface area contributed by atoms with Crippen LogP contribution in [0.25, 0.3) is 16.6 Å². The van der Waals surface area contributed by atoms with E-state index in [9.17, 15) is 20.1 Å². The van der Waals surface area contributed by atoms with E-state index in [2.05, 4.69) is 22.8 Å². The molecule has 11 heteroatoms. The van der Waals surface area contributed by atoms with Gasteiger partial charge < -0.3 is 25.0 Å². The summed E-state index contributed by atoms with van der Waals surface area (Å²) in [5.74, 6) is -0.328. The van der Waals surface area contributed by atoms with Crippen molar-refractivity contribution in [2.75, 3.05) is 25.2 Å². The first-order chi connectivity index (χ1) is 21.4. The standard InChI is InChI=1S/C33H31N7O4/c1-21(36-2)31(41)37-30-32(42)39(28-12-11-22(18-34)17-29(28)44-33(30)13-15-43-16-14-33)20-25-24-8-4-6-10-27(24)40(38-25)26-9-5-3-7-23(26)19-35/h3-12,17,21,30,36H,13-16,20H2,1-2H3,(H,37,41)/t21-,30+/m0/s1. The summed E-state index contributed by atoms with van der Waals surface area (Å²) in [7, 11) is 1.68. The van der Waals surface area contributed by atoms with Crippen LogP contribution < -0.4 is 20.3 Å². The van der Waals surface area contributed by atoms with Gasteiger partial charge in [-0.3, -0.25) is 9.59 Å². The predicted octanol–water partition coefficient (Wildman–Crippen LogP) is 3.34. The van der Waals surface area contributed by atoms with Gasteiger partial charge in [-0.1, -0.05) is 30.3 Å². The zero-order valence-corrected chi connectivity index (χ0v) is 24.4. The third-order valence-electron chi connectivity index (χ3n) is 8.41. The highest BCUT2D eigenvalue weighted by Crippen LogP contribution is 2.42. The quantitative estimate of drug-likeness (QED) is 0.348. The number of aromatic nitrogens is 2. The fourth-order valence-electron chi connectivity index (χ4n) is 5.86. The topological polar surface area (TPSA) is 145 Å². The first-order valence-corrected chi connectivity index (χ1v) is 14.4. The molecule has 0 saturated carbocycles. The van der Waals surface area contributed by atoms with Crippen LogP contribution in [0.2, 0.25) is 0 Å². The number of nitrogens with zero attached hydrogens (tertiary/aromatic N) is 5. The molecule has 2 aliphatic heterocycles. The molecular formula is C33H31N7O4. The number of rotatable bonds is 6. The summed E-state index contributed by atoms with van der Waals surface area (Å²) in [6, 6.07) is 22.6. The molecule has 11 nitrogen and oxygen atoms in total. The first-order valence-electron chi connectivity index (χ1n) is 14.4. The fourth-order valence-corrected chi connectivity index (χ4v) is 5.86. The molecule has 2 N–H and O–H groups in total. The van der Waals surface area contributed by atoms with Gasteiger partial charge in [-0.05, 0) is 44.3 Å². The van der Waals surface area contributed by atoms with E-state index in [-0.39, 0.29) is 18.4 Å². The Balaban J connectivity index is 1.50.